The molecule has 0 radical (unpaired) electrons. The van der Waals surface area contributed by atoms with Gasteiger partial charge in [-0.15, -0.1) is 0 Å². The van der Waals surface area contributed by atoms with Gasteiger partial charge in [-0.25, -0.2) is 4.79 Å². The van der Waals surface area contributed by atoms with Gasteiger partial charge in [0.15, 0.2) is 0 Å². The van der Waals surface area contributed by atoms with Crippen molar-refractivity contribution in [1.29, 1.82) is 0 Å². The first kappa shape index (κ1) is 22.8. The maximum Gasteiger partial charge on any atom is 0.407 e. The highest BCUT2D eigenvalue weighted by molar-refractivity contribution is 5.81. The van der Waals surface area contributed by atoms with E-state index in [2.05, 4.69) is 34.9 Å². The van der Waals surface area contributed by atoms with Crippen molar-refractivity contribution in [2.75, 3.05) is 13.2 Å². The number of aliphatic carboxylic acids is 1. The summed E-state index contributed by atoms with van der Waals surface area (Å²) in [5, 5.41) is 14.6. The van der Waals surface area contributed by atoms with E-state index in [0.717, 1.165) is 17.5 Å². The van der Waals surface area contributed by atoms with Gasteiger partial charge in [-0.3, -0.25) is 9.59 Å². The average Bonchev–Trinajstić information content (AvgIpc) is 3.10. The van der Waals surface area contributed by atoms with Crippen LogP contribution in [0.2, 0.25) is 0 Å². The van der Waals surface area contributed by atoms with Gasteiger partial charge in [0.05, 0.1) is 11.8 Å². The summed E-state index contributed by atoms with van der Waals surface area (Å²) in [6, 6.07) is 16.2. The number of ether oxygens (including phenoxy) is 1. The number of benzene rings is 2. The van der Waals surface area contributed by atoms with Gasteiger partial charge in [-0.1, -0.05) is 61.9 Å². The Hall–Kier alpha value is -3.35. The van der Waals surface area contributed by atoms with Crippen molar-refractivity contribution in [3.63, 3.8) is 0 Å². The predicted octanol–water partition coefficient (Wildman–Crippen LogP) is 3.92. The molecule has 1 saturated carbocycles. The van der Waals surface area contributed by atoms with Crippen LogP contribution in [0.1, 0.15) is 49.7 Å². The zero-order chi connectivity index (χ0) is 23.4. The molecule has 2 aliphatic carbocycles. The molecule has 0 bridgehead atoms. The van der Waals surface area contributed by atoms with E-state index in [0.29, 0.717) is 19.3 Å². The van der Waals surface area contributed by atoms with Gasteiger partial charge in [0.2, 0.25) is 5.91 Å². The molecule has 2 aromatic rings. The molecule has 0 spiro atoms. The number of carboxylic acid groups (broad SMARTS) is 1. The molecular weight excluding hydrogens is 420 g/mol. The third-order valence-corrected chi connectivity index (χ3v) is 6.68. The minimum Gasteiger partial charge on any atom is -0.481 e. The molecule has 174 valence electrons. The normalized spacial score (nSPS) is 19.5. The molecule has 0 aliphatic heterocycles. The van der Waals surface area contributed by atoms with E-state index in [4.69, 9.17) is 9.84 Å². The summed E-state index contributed by atoms with van der Waals surface area (Å²) in [5.41, 5.74) is 4.63. The van der Waals surface area contributed by atoms with Crippen molar-refractivity contribution < 1.29 is 24.2 Å². The number of fused-ring (bicyclic) bond motifs is 3. The largest absolute Gasteiger partial charge is 0.481 e. The predicted molar refractivity (Wildman–Crippen MR) is 124 cm³/mol. The van der Waals surface area contributed by atoms with E-state index in [1.54, 1.807) is 0 Å². The second-order valence-electron chi connectivity index (χ2n) is 8.90. The van der Waals surface area contributed by atoms with Gasteiger partial charge >= 0.3 is 12.1 Å². The van der Waals surface area contributed by atoms with Gasteiger partial charge in [0, 0.05) is 18.5 Å². The van der Waals surface area contributed by atoms with Crippen LogP contribution in [0, 0.1) is 11.8 Å². The van der Waals surface area contributed by atoms with E-state index >= 15 is 0 Å². The molecule has 2 amide bonds. The van der Waals surface area contributed by atoms with Crippen LogP contribution in [-0.4, -0.2) is 42.3 Å². The molecule has 2 aromatic carbocycles. The molecule has 1 fully saturated rings. The van der Waals surface area contributed by atoms with Gasteiger partial charge in [-0.2, -0.15) is 0 Å². The van der Waals surface area contributed by atoms with Crippen LogP contribution < -0.4 is 10.6 Å². The summed E-state index contributed by atoms with van der Waals surface area (Å²) in [4.78, 5) is 36.0. The van der Waals surface area contributed by atoms with Gasteiger partial charge in [-0.05, 0) is 41.5 Å². The Morgan fingerprint density at radius 1 is 1.03 bits per heavy atom. The fourth-order valence-electron chi connectivity index (χ4n) is 4.79. The maximum absolute atomic E-state index is 12.6. The highest BCUT2D eigenvalue weighted by atomic mass is 16.5. The Kier molecular flexibility index (Phi) is 6.96. The summed E-state index contributed by atoms with van der Waals surface area (Å²) in [6.45, 7) is 2.39. The quantitative estimate of drug-likeness (QED) is 0.537. The zero-order valence-corrected chi connectivity index (χ0v) is 18.8. The van der Waals surface area contributed by atoms with Crippen LogP contribution in [0.5, 0.6) is 0 Å². The van der Waals surface area contributed by atoms with Crippen molar-refractivity contribution in [1.82, 2.24) is 10.6 Å². The lowest BCUT2D eigenvalue weighted by Gasteiger charge is -2.34. The minimum absolute atomic E-state index is 0.0151. The number of nitrogens with one attached hydrogen (secondary N) is 2. The van der Waals surface area contributed by atoms with Crippen molar-refractivity contribution in [3.05, 3.63) is 59.7 Å². The summed E-state index contributed by atoms with van der Waals surface area (Å²) in [6.07, 6.45) is 1.80. The Bertz CT molecular complexity index is 985. The third-order valence-electron chi connectivity index (χ3n) is 6.68. The highest BCUT2D eigenvalue weighted by Crippen LogP contribution is 2.44. The molecule has 0 saturated heterocycles. The van der Waals surface area contributed by atoms with Crippen LogP contribution in [0.25, 0.3) is 11.1 Å². The van der Waals surface area contributed by atoms with Crippen molar-refractivity contribution in [3.8, 4) is 11.1 Å². The standard InChI is InChI=1S/C26H30N2O5/c1-2-7-16(24(29)28-18-12-17(13-18)25(30)31)14-27-26(32)33-15-23-21-10-5-3-8-19(21)20-9-4-6-11-22(20)23/h3-6,8-11,16-18,23H,2,7,12-15H2,1H3,(H,27,32)(H,28,29)(H,30,31). The van der Waals surface area contributed by atoms with Gasteiger partial charge in [0.1, 0.15) is 6.61 Å². The molecular formula is C26H30N2O5. The molecule has 0 aromatic heterocycles. The molecule has 2 aliphatic rings. The van der Waals surface area contributed by atoms with Crippen molar-refractivity contribution in [2.24, 2.45) is 11.8 Å². The van der Waals surface area contributed by atoms with Crippen LogP contribution >= 0.6 is 0 Å². The molecule has 1 atom stereocenters. The Morgan fingerprint density at radius 3 is 2.21 bits per heavy atom. The lowest BCUT2D eigenvalue weighted by Crippen LogP contribution is -2.50. The second kappa shape index (κ2) is 10.1. The number of alkyl carbamates (subject to hydrolysis) is 1. The molecule has 33 heavy (non-hydrogen) atoms. The lowest BCUT2D eigenvalue weighted by atomic mass is 9.80. The number of carbonyl (C=O) groups is 3. The van der Waals surface area contributed by atoms with Crippen LogP contribution in [0.4, 0.5) is 4.79 Å². The first-order chi connectivity index (χ1) is 16.0. The van der Waals surface area contributed by atoms with Gasteiger partial charge < -0.3 is 20.5 Å². The van der Waals surface area contributed by atoms with Crippen LogP contribution in [-0.2, 0) is 14.3 Å². The zero-order valence-electron chi connectivity index (χ0n) is 18.8. The Labute approximate surface area is 193 Å². The van der Waals surface area contributed by atoms with E-state index in [9.17, 15) is 14.4 Å². The number of hydrogen-bond acceptors (Lipinski definition) is 4. The van der Waals surface area contributed by atoms with E-state index in [1.165, 1.54) is 11.1 Å². The molecule has 7 nitrogen and oxygen atoms in total. The number of amides is 2. The smallest absolute Gasteiger partial charge is 0.407 e. The number of carbonyl (C=O) groups excluding carboxylic acids is 2. The summed E-state index contributed by atoms with van der Waals surface area (Å²) < 4.78 is 5.55. The Balaban J connectivity index is 1.28. The maximum atomic E-state index is 12.6. The lowest BCUT2D eigenvalue weighted by molar-refractivity contribution is -0.146. The summed E-state index contributed by atoms with van der Waals surface area (Å²) in [5.74, 6) is -1.73. The number of rotatable bonds is 9. The fraction of sp³-hybridized carbons (Fsp3) is 0.423. The monoisotopic (exact) mass is 450 g/mol. The second-order valence-corrected chi connectivity index (χ2v) is 8.90. The van der Waals surface area contributed by atoms with Crippen LogP contribution in [0.15, 0.2) is 48.5 Å². The molecule has 3 N–H and O–H groups in total. The molecule has 1 unspecified atom stereocenters. The van der Waals surface area contributed by atoms with Crippen molar-refractivity contribution in [2.45, 2.75) is 44.6 Å². The first-order valence-electron chi connectivity index (χ1n) is 11.6. The number of carboxylic acids is 1. The first-order valence-corrected chi connectivity index (χ1v) is 11.6. The molecule has 4 rings (SSSR count). The van der Waals surface area contributed by atoms with E-state index < -0.39 is 12.1 Å². The molecule has 0 heterocycles. The summed E-state index contributed by atoms with van der Waals surface area (Å²) >= 11 is 0. The fourth-order valence-corrected chi connectivity index (χ4v) is 4.79. The average molecular weight is 451 g/mol. The molecule has 7 heteroatoms. The third kappa shape index (κ3) is 5.02. The van der Waals surface area contributed by atoms with E-state index in [1.807, 2.05) is 31.2 Å². The van der Waals surface area contributed by atoms with E-state index in [-0.39, 0.29) is 42.9 Å². The Morgan fingerprint density at radius 2 is 1.64 bits per heavy atom. The van der Waals surface area contributed by atoms with Crippen LogP contribution in [0.3, 0.4) is 0 Å². The minimum atomic E-state index is -0.817. The number of hydrogen-bond donors (Lipinski definition) is 3. The summed E-state index contributed by atoms with van der Waals surface area (Å²) in [7, 11) is 0. The van der Waals surface area contributed by atoms with Gasteiger partial charge in [0.25, 0.3) is 0 Å². The SMILES string of the molecule is CCCC(CNC(=O)OCC1c2ccccc2-c2ccccc21)C(=O)NC1CC(C(=O)O)C1. The highest BCUT2D eigenvalue weighted by Gasteiger charge is 2.36. The van der Waals surface area contributed by atoms with Crippen molar-refractivity contribution >= 4 is 18.0 Å². The topological polar surface area (TPSA) is 105 Å².